The molecule has 0 amide bonds. The van der Waals surface area contributed by atoms with Crippen molar-refractivity contribution in [2.45, 2.75) is 72.5 Å². The number of carbonyl (C=O) groups is 3. The molecule has 174 valence electrons. The van der Waals surface area contributed by atoms with E-state index in [-0.39, 0.29) is 18.3 Å². The Morgan fingerprint density at radius 1 is 0.938 bits per heavy atom. The van der Waals surface area contributed by atoms with E-state index in [2.05, 4.69) is 25.2 Å². The van der Waals surface area contributed by atoms with Gasteiger partial charge in [0.25, 0.3) is 0 Å². The Labute approximate surface area is 191 Å². The van der Waals surface area contributed by atoms with E-state index in [9.17, 15) is 14.4 Å². The Balaban J connectivity index is 2.19. The van der Waals surface area contributed by atoms with Crippen LogP contribution in [0.2, 0.25) is 0 Å². The molecule has 1 aromatic rings. The molecule has 2 rings (SSSR count). The fourth-order valence-corrected chi connectivity index (χ4v) is 3.76. The van der Waals surface area contributed by atoms with Crippen molar-refractivity contribution < 1.29 is 23.9 Å². The van der Waals surface area contributed by atoms with Crippen LogP contribution in [0.1, 0.15) is 65.5 Å². The second kappa shape index (κ2) is 10.8. The first kappa shape index (κ1) is 25.6. The molecule has 5 nitrogen and oxygen atoms in total. The van der Waals surface area contributed by atoms with E-state index < -0.39 is 29.4 Å². The minimum absolute atomic E-state index is 0.0411. The molecule has 4 atom stereocenters. The van der Waals surface area contributed by atoms with Crippen LogP contribution in [0.4, 0.5) is 0 Å². The summed E-state index contributed by atoms with van der Waals surface area (Å²) >= 11 is 0. The van der Waals surface area contributed by atoms with Gasteiger partial charge in [-0.3, -0.25) is 14.4 Å². The zero-order valence-corrected chi connectivity index (χ0v) is 20.3. The SMILES string of the molecule is CC(C)OC(=O)[C@H](C)C(C(=O)Cc1ccc(C2C=CC=CC2C)cc1)C(=O)OC(C)(C)C. The Hall–Kier alpha value is -2.69. The van der Waals surface area contributed by atoms with Crippen LogP contribution in [0, 0.1) is 17.8 Å². The number of rotatable bonds is 8. The van der Waals surface area contributed by atoms with Gasteiger partial charge in [-0.1, -0.05) is 62.4 Å². The van der Waals surface area contributed by atoms with Crippen molar-refractivity contribution in [2.75, 3.05) is 0 Å². The van der Waals surface area contributed by atoms with Crippen molar-refractivity contribution >= 4 is 17.7 Å². The van der Waals surface area contributed by atoms with Crippen LogP contribution < -0.4 is 0 Å². The number of hydrogen-bond acceptors (Lipinski definition) is 5. The molecule has 0 radical (unpaired) electrons. The Morgan fingerprint density at radius 2 is 1.53 bits per heavy atom. The number of Topliss-reactive ketones (excluding diaryl/α,β-unsaturated/α-hetero) is 1. The standard InChI is InChI=1S/C27H36O5/c1-17(2)31-25(29)19(4)24(26(30)32-27(5,6)7)23(28)16-20-12-14-21(15-13-20)22-11-9-8-10-18(22)3/h8-15,17-19,22,24H,16H2,1-7H3/t18?,19-,22?,24?/m1/s1. The summed E-state index contributed by atoms with van der Waals surface area (Å²) in [5.41, 5.74) is 1.20. The average Bonchev–Trinajstić information content (AvgIpc) is 2.67. The second-order valence-electron chi connectivity index (χ2n) is 9.82. The van der Waals surface area contributed by atoms with Crippen molar-refractivity contribution in [3.05, 3.63) is 59.7 Å². The van der Waals surface area contributed by atoms with Crippen LogP contribution in [-0.2, 0) is 30.3 Å². The molecule has 32 heavy (non-hydrogen) atoms. The summed E-state index contributed by atoms with van der Waals surface area (Å²) in [6, 6.07) is 7.86. The van der Waals surface area contributed by atoms with Crippen LogP contribution in [0.3, 0.4) is 0 Å². The highest BCUT2D eigenvalue weighted by Gasteiger charge is 2.40. The summed E-state index contributed by atoms with van der Waals surface area (Å²) in [5, 5.41) is 0. The number of benzene rings is 1. The van der Waals surface area contributed by atoms with Gasteiger partial charge in [-0.2, -0.15) is 0 Å². The maximum atomic E-state index is 13.2. The van der Waals surface area contributed by atoms with E-state index in [0.29, 0.717) is 11.8 Å². The minimum atomic E-state index is -1.22. The molecule has 0 N–H and O–H groups in total. The summed E-state index contributed by atoms with van der Waals surface area (Å²) in [7, 11) is 0. The number of hydrogen-bond donors (Lipinski definition) is 0. The van der Waals surface area contributed by atoms with Gasteiger partial charge < -0.3 is 9.47 Å². The zero-order valence-electron chi connectivity index (χ0n) is 20.3. The monoisotopic (exact) mass is 440 g/mol. The van der Waals surface area contributed by atoms with Crippen LogP contribution in [0.15, 0.2) is 48.6 Å². The zero-order chi connectivity index (χ0) is 24.1. The van der Waals surface area contributed by atoms with Crippen molar-refractivity contribution in [3.8, 4) is 0 Å². The maximum absolute atomic E-state index is 13.2. The molecular formula is C27H36O5. The number of ketones is 1. The van der Waals surface area contributed by atoms with Crippen molar-refractivity contribution in [2.24, 2.45) is 17.8 Å². The van der Waals surface area contributed by atoms with Gasteiger partial charge in [-0.25, -0.2) is 0 Å². The van der Waals surface area contributed by atoms with Gasteiger partial charge in [0.05, 0.1) is 12.0 Å². The third kappa shape index (κ3) is 7.18. The first-order chi connectivity index (χ1) is 14.9. The van der Waals surface area contributed by atoms with Gasteiger partial charge in [-0.15, -0.1) is 0 Å². The van der Waals surface area contributed by atoms with Crippen molar-refractivity contribution in [1.29, 1.82) is 0 Å². The molecule has 5 heteroatoms. The van der Waals surface area contributed by atoms with Gasteiger partial charge in [-0.05, 0) is 51.7 Å². The van der Waals surface area contributed by atoms with Crippen LogP contribution >= 0.6 is 0 Å². The largest absolute Gasteiger partial charge is 0.463 e. The Bertz CT molecular complexity index is 870. The number of allylic oxidation sites excluding steroid dienone is 4. The third-order valence-electron chi connectivity index (χ3n) is 5.38. The van der Waals surface area contributed by atoms with E-state index in [1.165, 1.54) is 5.56 Å². The van der Waals surface area contributed by atoms with Crippen LogP contribution in [-0.4, -0.2) is 29.4 Å². The lowest BCUT2D eigenvalue weighted by molar-refractivity contribution is -0.171. The van der Waals surface area contributed by atoms with Gasteiger partial charge in [0.15, 0.2) is 5.78 Å². The first-order valence-electron chi connectivity index (χ1n) is 11.3. The molecule has 0 heterocycles. The molecule has 0 saturated heterocycles. The first-order valence-corrected chi connectivity index (χ1v) is 11.3. The van der Waals surface area contributed by atoms with Crippen molar-refractivity contribution in [3.63, 3.8) is 0 Å². The molecule has 0 aliphatic heterocycles. The predicted octanol–water partition coefficient (Wildman–Crippen LogP) is 5.19. The number of carbonyl (C=O) groups excluding carboxylic acids is 3. The summed E-state index contributed by atoms with van der Waals surface area (Å²) < 4.78 is 10.7. The van der Waals surface area contributed by atoms with E-state index in [4.69, 9.17) is 9.47 Å². The van der Waals surface area contributed by atoms with E-state index in [0.717, 1.165) is 5.56 Å². The van der Waals surface area contributed by atoms with Crippen LogP contribution in [0.5, 0.6) is 0 Å². The minimum Gasteiger partial charge on any atom is -0.463 e. The molecule has 1 aliphatic carbocycles. The van der Waals surface area contributed by atoms with Gasteiger partial charge >= 0.3 is 11.9 Å². The van der Waals surface area contributed by atoms with Gasteiger partial charge in [0.1, 0.15) is 11.5 Å². The fraction of sp³-hybridized carbons (Fsp3) is 0.519. The summed E-state index contributed by atoms with van der Waals surface area (Å²) in [4.78, 5) is 38.5. The maximum Gasteiger partial charge on any atom is 0.317 e. The molecule has 1 aromatic carbocycles. The molecule has 0 saturated carbocycles. The average molecular weight is 441 g/mol. The molecule has 1 aliphatic rings. The molecular weight excluding hydrogens is 404 g/mol. The lowest BCUT2D eigenvalue weighted by atomic mass is 9.83. The predicted molar refractivity (Wildman–Crippen MR) is 125 cm³/mol. The Morgan fingerprint density at radius 3 is 2.06 bits per heavy atom. The lowest BCUT2D eigenvalue weighted by Crippen LogP contribution is -2.40. The summed E-state index contributed by atoms with van der Waals surface area (Å²) in [5.74, 6) is -3.08. The topological polar surface area (TPSA) is 69.7 Å². The smallest absolute Gasteiger partial charge is 0.317 e. The summed E-state index contributed by atoms with van der Waals surface area (Å²) in [6.07, 6.45) is 8.15. The Kier molecular flexibility index (Phi) is 8.59. The highest BCUT2D eigenvalue weighted by Crippen LogP contribution is 2.30. The second-order valence-corrected chi connectivity index (χ2v) is 9.82. The van der Waals surface area contributed by atoms with E-state index in [1.807, 2.05) is 30.3 Å². The van der Waals surface area contributed by atoms with Crippen LogP contribution in [0.25, 0.3) is 0 Å². The van der Waals surface area contributed by atoms with E-state index >= 15 is 0 Å². The van der Waals surface area contributed by atoms with E-state index in [1.54, 1.807) is 41.5 Å². The quantitative estimate of drug-likeness (QED) is 0.411. The van der Waals surface area contributed by atoms with Gasteiger partial charge in [0.2, 0.25) is 0 Å². The molecule has 3 unspecified atom stereocenters. The molecule has 0 fully saturated rings. The van der Waals surface area contributed by atoms with Crippen molar-refractivity contribution in [1.82, 2.24) is 0 Å². The summed E-state index contributed by atoms with van der Waals surface area (Å²) in [6.45, 7) is 12.4. The molecule has 0 aromatic heterocycles. The normalized spacial score (nSPS) is 20.0. The molecule has 0 bridgehead atoms. The molecule has 0 spiro atoms. The lowest BCUT2D eigenvalue weighted by Gasteiger charge is -2.26. The highest BCUT2D eigenvalue weighted by molar-refractivity contribution is 6.03. The third-order valence-corrected chi connectivity index (χ3v) is 5.38. The highest BCUT2D eigenvalue weighted by atomic mass is 16.6. The van der Waals surface area contributed by atoms with Gasteiger partial charge in [0, 0.05) is 12.3 Å². The number of esters is 2. The number of ether oxygens (including phenoxy) is 2. The fourth-order valence-electron chi connectivity index (χ4n) is 3.76.